The first kappa shape index (κ1) is 21.7. The standard InChI is InChI=1S/C18H21F2N3O.C2H6/c1-6-12-9-13(18(5,19)20)10-23-16(12)22-15(11(4)17(23)24)14(7-2)21-8-3;1-2/h7-10H,6H2,1-5H3;1-2H3/b14-7-,21-8?;. The van der Waals surface area contributed by atoms with Crippen LogP contribution in [0.4, 0.5) is 8.78 Å². The monoisotopic (exact) mass is 363 g/mol. The van der Waals surface area contributed by atoms with Gasteiger partial charge in [-0.15, -0.1) is 0 Å². The minimum Gasteiger partial charge on any atom is -0.269 e. The highest BCUT2D eigenvalue weighted by Crippen LogP contribution is 2.29. The average Bonchev–Trinajstić information content (AvgIpc) is 2.63. The van der Waals surface area contributed by atoms with Crippen molar-refractivity contribution in [1.29, 1.82) is 0 Å². The lowest BCUT2D eigenvalue weighted by Crippen LogP contribution is -2.23. The molecule has 2 aromatic rings. The summed E-state index contributed by atoms with van der Waals surface area (Å²) in [6, 6.07) is 1.42. The van der Waals surface area contributed by atoms with Crippen LogP contribution in [-0.2, 0) is 12.3 Å². The van der Waals surface area contributed by atoms with Gasteiger partial charge in [0.2, 0.25) is 0 Å². The van der Waals surface area contributed by atoms with E-state index in [1.54, 1.807) is 26.1 Å². The highest BCUT2D eigenvalue weighted by atomic mass is 19.3. The molecule has 0 unspecified atom stereocenters. The van der Waals surface area contributed by atoms with Gasteiger partial charge in [0, 0.05) is 30.5 Å². The molecule has 0 bridgehead atoms. The maximum Gasteiger partial charge on any atom is 0.271 e. The molecule has 0 aromatic carbocycles. The molecule has 0 N–H and O–H groups in total. The number of aromatic nitrogens is 2. The van der Waals surface area contributed by atoms with E-state index in [0.29, 0.717) is 34.6 Å². The van der Waals surface area contributed by atoms with E-state index < -0.39 is 5.92 Å². The highest BCUT2D eigenvalue weighted by Gasteiger charge is 2.26. The van der Waals surface area contributed by atoms with Crippen molar-refractivity contribution in [3.05, 3.63) is 51.1 Å². The van der Waals surface area contributed by atoms with E-state index in [9.17, 15) is 13.6 Å². The summed E-state index contributed by atoms with van der Waals surface area (Å²) < 4.78 is 28.7. The maximum absolute atomic E-state index is 13.7. The average molecular weight is 363 g/mol. The predicted molar refractivity (Wildman–Crippen MR) is 104 cm³/mol. The minimum absolute atomic E-state index is 0.194. The molecule has 0 saturated heterocycles. The van der Waals surface area contributed by atoms with Gasteiger partial charge in [0.05, 0.1) is 11.4 Å². The summed E-state index contributed by atoms with van der Waals surface area (Å²) in [6.07, 6.45) is 5.06. The Hall–Kier alpha value is -2.37. The third kappa shape index (κ3) is 4.23. The zero-order chi connectivity index (χ0) is 20.1. The zero-order valence-corrected chi connectivity index (χ0v) is 16.5. The molecule has 2 rings (SSSR count). The van der Waals surface area contributed by atoms with Gasteiger partial charge in [-0.05, 0) is 38.8 Å². The molecule has 0 atom stereocenters. The summed E-state index contributed by atoms with van der Waals surface area (Å²) in [5, 5.41) is 0. The molecule has 0 amide bonds. The van der Waals surface area contributed by atoms with Crippen molar-refractivity contribution in [1.82, 2.24) is 9.38 Å². The lowest BCUT2D eigenvalue weighted by molar-refractivity contribution is 0.0169. The molecule has 2 aromatic heterocycles. The van der Waals surface area contributed by atoms with Gasteiger partial charge < -0.3 is 0 Å². The molecule has 0 fully saturated rings. The first-order valence-corrected chi connectivity index (χ1v) is 8.84. The van der Waals surface area contributed by atoms with Gasteiger partial charge >= 0.3 is 0 Å². The van der Waals surface area contributed by atoms with Crippen molar-refractivity contribution >= 4 is 17.6 Å². The Kier molecular flexibility index (Phi) is 7.36. The van der Waals surface area contributed by atoms with Crippen LogP contribution in [0.2, 0.25) is 0 Å². The molecule has 4 nitrogen and oxygen atoms in total. The molecule has 0 radical (unpaired) electrons. The van der Waals surface area contributed by atoms with Crippen molar-refractivity contribution in [2.75, 3.05) is 0 Å². The number of hydrogen-bond donors (Lipinski definition) is 0. The second-order valence-corrected chi connectivity index (χ2v) is 5.64. The van der Waals surface area contributed by atoms with Gasteiger partial charge in [-0.3, -0.25) is 14.2 Å². The van der Waals surface area contributed by atoms with E-state index in [1.807, 2.05) is 27.7 Å². The van der Waals surface area contributed by atoms with E-state index in [0.717, 1.165) is 6.92 Å². The highest BCUT2D eigenvalue weighted by molar-refractivity contribution is 5.73. The van der Waals surface area contributed by atoms with Crippen LogP contribution in [-0.4, -0.2) is 15.6 Å². The van der Waals surface area contributed by atoms with Crippen LogP contribution in [0.25, 0.3) is 11.3 Å². The lowest BCUT2D eigenvalue weighted by atomic mass is 10.1. The number of hydrogen-bond acceptors (Lipinski definition) is 3. The molecule has 0 spiro atoms. The number of halogens is 2. The van der Waals surface area contributed by atoms with Gasteiger partial charge in [-0.2, -0.15) is 0 Å². The molecule has 6 heteroatoms. The SMILES string of the molecule is CC.CC=N/C(=C\C)c1nc2c(CC)cc(C(C)(F)F)cn2c(=O)c1C. The van der Waals surface area contributed by atoms with E-state index in [4.69, 9.17) is 0 Å². The number of aryl methyl sites for hydroxylation is 1. The predicted octanol–water partition coefficient (Wildman–Crippen LogP) is 5.15. The van der Waals surface area contributed by atoms with E-state index in [1.165, 1.54) is 16.7 Å². The molecule has 26 heavy (non-hydrogen) atoms. The Morgan fingerprint density at radius 2 is 1.96 bits per heavy atom. The molecule has 2 heterocycles. The van der Waals surface area contributed by atoms with Crippen LogP contribution in [0, 0.1) is 6.92 Å². The van der Waals surface area contributed by atoms with Crippen LogP contribution in [0.15, 0.2) is 28.1 Å². The van der Waals surface area contributed by atoms with Crippen molar-refractivity contribution in [3.8, 4) is 0 Å². The first-order chi connectivity index (χ1) is 12.2. The summed E-state index contributed by atoms with van der Waals surface area (Å²) in [6.45, 7) is 11.9. The normalized spacial score (nSPS) is 12.4. The Labute approximate surface area is 153 Å². The second kappa shape index (κ2) is 8.83. The van der Waals surface area contributed by atoms with Gasteiger partial charge in [-0.25, -0.2) is 13.8 Å². The maximum atomic E-state index is 13.7. The topological polar surface area (TPSA) is 46.7 Å². The molecule has 0 aliphatic rings. The van der Waals surface area contributed by atoms with Crippen LogP contribution in [0.5, 0.6) is 0 Å². The van der Waals surface area contributed by atoms with Gasteiger partial charge in [0.1, 0.15) is 5.65 Å². The fraction of sp³-hybridized carbons (Fsp3) is 0.450. The quantitative estimate of drug-likeness (QED) is 0.705. The third-order valence-corrected chi connectivity index (χ3v) is 3.90. The Balaban J connectivity index is 0.00000163. The first-order valence-electron chi connectivity index (χ1n) is 8.84. The van der Waals surface area contributed by atoms with E-state index in [2.05, 4.69) is 9.98 Å². The number of alkyl halides is 2. The minimum atomic E-state index is -3.02. The Morgan fingerprint density at radius 3 is 2.42 bits per heavy atom. The van der Waals surface area contributed by atoms with Gasteiger partial charge in [-0.1, -0.05) is 26.8 Å². The summed E-state index contributed by atoms with van der Waals surface area (Å²) in [5.41, 5.74) is 1.88. The lowest BCUT2D eigenvalue weighted by Gasteiger charge is -2.16. The van der Waals surface area contributed by atoms with Crippen LogP contribution < -0.4 is 5.56 Å². The van der Waals surface area contributed by atoms with Crippen molar-refractivity contribution in [2.24, 2.45) is 4.99 Å². The Bertz CT molecular complexity index is 891. The summed E-state index contributed by atoms with van der Waals surface area (Å²) in [5.74, 6) is -3.02. The molecule has 0 aliphatic carbocycles. The second-order valence-electron chi connectivity index (χ2n) is 5.64. The number of aliphatic imine (C=N–C) groups is 1. The van der Waals surface area contributed by atoms with E-state index >= 15 is 0 Å². The van der Waals surface area contributed by atoms with Crippen molar-refractivity contribution in [3.63, 3.8) is 0 Å². The number of pyridine rings is 1. The van der Waals surface area contributed by atoms with Crippen LogP contribution >= 0.6 is 0 Å². The fourth-order valence-electron chi connectivity index (χ4n) is 2.56. The smallest absolute Gasteiger partial charge is 0.269 e. The van der Waals surface area contributed by atoms with Gasteiger partial charge in [0.15, 0.2) is 0 Å². The number of fused-ring (bicyclic) bond motifs is 1. The molecule has 142 valence electrons. The Morgan fingerprint density at radius 1 is 1.35 bits per heavy atom. The molecular formula is C20H27F2N3O. The molecule has 0 aliphatic heterocycles. The number of allylic oxidation sites excluding steroid dienone is 1. The van der Waals surface area contributed by atoms with Crippen molar-refractivity contribution < 1.29 is 8.78 Å². The molecule has 0 saturated carbocycles. The largest absolute Gasteiger partial charge is 0.271 e. The summed E-state index contributed by atoms with van der Waals surface area (Å²) in [4.78, 5) is 21.5. The van der Waals surface area contributed by atoms with E-state index in [-0.39, 0.29) is 11.1 Å². The zero-order valence-electron chi connectivity index (χ0n) is 16.5. The molecular weight excluding hydrogens is 336 g/mol. The van der Waals surface area contributed by atoms with Crippen LogP contribution in [0.3, 0.4) is 0 Å². The third-order valence-electron chi connectivity index (χ3n) is 3.90. The fourth-order valence-corrected chi connectivity index (χ4v) is 2.56. The van der Waals surface area contributed by atoms with Crippen LogP contribution in [0.1, 0.15) is 63.9 Å². The number of rotatable bonds is 4. The van der Waals surface area contributed by atoms with Gasteiger partial charge in [0.25, 0.3) is 11.5 Å². The summed E-state index contributed by atoms with van der Waals surface area (Å²) >= 11 is 0. The van der Waals surface area contributed by atoms with Crippen molar-refractivity contribution in [2.45, 2.75) is 60.8 Å². The summed E-state index contributed by atoms with van der Waals surface area (Å²) in [7, 11) is 0. The number of nitrogens with zero attached hydrogens (tertiary/aromatic N) is 3.